The van der Waals surface area contributed by atoms with Gasteiger partial charge in [0.2, 0.25) is 0 Å². The van der Waals surface area contributed by atoms with Gasteiger partial charge in [0.15, 0.2) is 5.69 Å². The van der Waals surface area contributed by atoms with Gasteiger partial charge in [0.25, 0.3) is 6.43 Å². The maximum atomic E-state index is 12.1. The maximum absolute atomic E-state index is 12.1. The summed E-state index contributed by atoms with van der Waals surface area (Å²) in [5.41, 5.74) is -2.67. The van der Waals surface area contributed by atoms with E-state index in [4.69, 9.17) is 0 Å². The summed E-state index contributed by atoms with van der Waals surface area (Å²) in [6.45, 7) is 0. The number of alkyl halides is 5. The van der Waals surface area contributed by atoms with Crippen LogP contribution in [0.3, 0.4) is 0 Å². The summed E-state index contributed by atoms with van der Waals surface area (Å²) in [5.74, 6) is 0. The molecule has 0 amide bonds. The van der Waals surface area contributed by atoms with E-state index in [0.29, 0.717) is 4.68 Å². The molecule has 1 aromatic heterocycles. The van der Waals surface area contributed by atoms with Crippen molar-refractivity contribution in [2.75, 3.05) is 0 Å². The second kappa shape index (κ2) is 2.97. The van der Waals surface area contributed by atoms with Gasteiger partial charge in [-0.3, -0.25) is 4.68 Å². The average molecular weight is 199 g/mol. The summed E-state index contributed by atoms with van der Waals surface area (Å²) in [4.78, 5) is 0. The van der Waals surface area contributed by atoms with Crippen LogP contribution in [0.5, 0.6) is 0 Å². The highest BCUT2D eigenvalue weighted by molar-refractivity contribution is 5.20. The zero-order valence-electron chi connectivity index (χ0n) is 6.36. The number of aromatic nitrogens is 2. The molecule has 1 heterocycles. The SMILES string of the molecule is Cn1n[c]c(C(F)F)c1C(F)(F)F. The lowest BCUT2D eigenvalue weighted by atomic mass is 10.2. The van der Waals surface area contributed by atoms with Crippen LogP contribution in [0.1, 0.15) is 17.7 Å². The molecule has 0 aliphatic carbocycles. The Kier molecular flexibility index (Phi) is 2.27. The first-order valence-electron chi connectivity index (χ1n) is 3.14. The molecule has 1 rings (SSSR count). The fourth-order valence-corrected chi connectivity index (χ4v) is 0.894. The Morgan fingerprint density at radius 1 is 1.38 bits per heavy atom. The Hall–Kier alpha value is -1.14. The van der Waals surface area contributed by atoms with E-state index in [1.165, 1.54) is 0 Å². The van der Waals surface area contributed by atoms with Crippen LogP contribution in [0.15, 0.2) is 0 Å². The van der Waals surface area contributed by atoms with E-state index in [0.717, 1.165) is 7.05 Å². The Morgan fingerprint density at radius 2 is 1.92 bits per heavy atom. The van der Waals surface area contributed by atoms with Gasteiger partial charge in [0.05, 0.1) is 5.56 Å². The minimum Gasteiger partial charge on any atom is -0.262 e. The van der Waals surface area contributed by atoms with E-state index in [-0.39, 0.29) is 0 Å². The molecule has 0 aliphatic rings. The summed E-state index contributed by atoms with van der Waals surface area (Å²) in [5, 5.41) is 3.00. The minimum absolute atomic E-state index is 0.335. The lowest BCUT2D eigenvalue weighted by Crippen LogP contribution is -2.14. The molecular weight excluding hydrogens is 195 g/mol. The molecule has 13 heavy (non-hydrogen) atoms. The first kappa shape index (κ1) is 9.94. The predicted molar refractivity (Wildman–Crippen MR) is 32.0 cm³/mol. The highest BCUT2D eigenvalue weighted by Crippen LogP contribution is 2.35. The van der Waals surface area contributed by atoms with E-state index < -0.39 is 23.9 Å². The quantitative estimate of drug-likeness (QED) is 0.634. The average Bonchev–Trinajstić information content (AvgIpc) is 2.28. The summed E-state index contributed by atoms with van der Waals surface area (Å²) < 4.78 is 60.6. The molecule has 0 saturated carbocycles. The summed E-state index contributed by atoms with van der Waals surface area (Å²) in [6, 6.07) is 0. The summed E-state index contributed by atoms with van der Waals surface area (Å²) in [6.07, 6.45) is -6.42. The normalized spacial score (nSPS) is 12.5. The third-order valence-corrected chi connectivity index (χ3v) is 1.39. The van der Waals surface area contributed by atoms with E-state index in [1.807, 2.05) is 0 Å². The molecule has 0 unspecified atom stereocenters. The molecule has 1 radical (unpaired) electrons. The van der Waals surface area contributed by atoms with Gasteiger partial charge in [-0.1, -0.05) is 0 Å². The Labute approximate surface area is 70.0 Å². The van der Waals surface area contributed by atoms with Gasteiger partial charge in [0.1, 0.15) is 6.20 Å². The number of rotatable bonds is 1. The Bertz CT molecular complexity index is 300. The van der Waals surface area contributed by atoms with Gasteiger partial charge in [-0.25, -0.2) is 8.78 Å². The molecule has 0 N–H and O–H groups in total. The van der Waals surface area contributed by atoms with Crippen molar-refractivity contribution in [1.82, 2.24) is 9.78 Å². The lowest BCUT2D eigenvalue weighted by Gasteiger charge is -2.08. The van der Waals surface area contributed by atoms with Gasteiger partial charge in [-0.15, -0.1) is 0 Å². The topological polar surface area (TPSA) is 17.8 Å². The van der Waals surface area contributed by atoms with Crippen LogP contribution in [-0.4, -0.2) is 9.78 Å². The Balaban J connectivity index is 3.25. The second-order valence-corrected chi connectivity index (χ2v) is 2.30. The van der Waals surface area contributed by atoms with E-state index in [2.05, 4.69) is 5.10 Å². The van der Waals surface area contributed by atoms with Crippen LogP contribution < -0.4 is 0 Å². The molecular formula is C6H4F5N2. The fraction of sp³-hybridized carbons (Fsp3) is 0.500. The highest BCUT2D eigenvalue weighted by atomic mass is 19.4. The highest BCUT2D eigenvalue weighted by Gasteiger charge is 2.39. The molecule has 0 aromatic carbocycles. The minimum atomic E-state index is -4.83. The molecule has 7 heteroatoms. The van der Waals surface area contributed by atoms with Crippen molar-refractivity contribution in [2.45, 2.75) is 12.6 Å². The summed E-state index contributed by atoms with van der Waals surface area (Å²) >= 11 is 0. The molecule has 0 spiro atoms. The number of aryl methyl sites for hydroxylation is 1. The van der Waals surface area contributed by atoms with Crippen LogP contribution in [0, 0.1) is 6.20 Å². The molecule has 1 aromatic rings. The second-order valence-electron chi connectivity index (χ2n) is 2.30. The number of nitrogens with zero attached hydrogens (tertiary/aromatic N) is 2. The number of hydrogen-bond acceptors (Lipinski definition) is 1. The smallest absolute Gasteiger partial charge is 0.262 e. The maximum Gasteiger partial charge on any atom is 0.433 e. The Morgan fingerprint density at radius 3 is 2.23 bits per heavy atom. The third-order valence-electron chi connectivity index (χ3n) is 1.39. The van der Waals surface area contributed by atoms with Crippen molar-refractivity contribution in [3.8, 4) is 0 Å². The van der Waals surface area contributed by atoms with Crippen LogP contribution in [0.25, 0.3) is 0 Å². The molecule has 0 fully saturated rings. The van der Waals surface area contributed by atoms with Crippen molar-refractivity contribution < 1.29 is 22.0 Å². The molecule has 2 nitrogen and oxygen atoms in total. The first-order valence-corrected chi connectivity index (χ1v) is 3.14. The zero-order chi connectivity index (χ0) is 10.2. The summed E-state index contributed by atoms with van der Waals surface area (Å²) in [7, 11) is 0.936. The fourth-order valence-electron chi connectivity index (χ4n) is 0.894. The van der Waals surface area contributed by atoms with Crippen LogP contribution in [0.4, 0.5) is 22.0 Å². The number of halogens is 5. The van der Waals surface area contributed by atoms with Crippen molar-refractivity contribution in [1.29, 1.82) is 0 Å². The van der Waals surface area contributed by atoms with Gasteiger partial charge >= 0.3 is 6.18 Å². The van der Waals surface area contributed by atoms with Crippen molar-refractivity contribution >= 4 is 0 Å². The van der Waals surface area contributed by atoms with Crippen LogP contribution in [0.2, 0.25) is 0 Å². The monoisotopic (exact) mass is 199 g/mol. The lowest BCUT2D eigenvalue weighted by molar-refractivity contribution is -0.145. The predicted octanol–water partition coefficient (Wildman–Crippen LogP) is 2.18. The van der Waals surface area contributed by atoms with Gasteiger partial charge in [-0.05, 0) is 0 Å². The molecule has 0 bridgehead atoms. The molecule has 0 atom stereocenters. The van der Waals surface area contributed by atoms with Crippen molar-refractivity contribution in [3.05, 3.63) is 17.5 Å². The molecule has 0 aliphatic heterocycles. The molecule has 73 valence electrons. The van der Waals surface area contributed by atoms with E-state index >= 15 is 0 Å². The van der Waals surface area contributed by atoms with Crippen molar-refractivity contribution in [2.24, 2.45) is 7.05 Å². The number of hydrogen-bond donors (Lipinski definition) is 0. The third kappa shape index (κ3) is 1.78. The van der Waals surface area contributed by atoms with Gasteiger partial charge in [0, 0.05) is 7.05 Å². The first-order chi connectivity index (χ1) is 5.84. The van der Waals surface area contributed by atoms with Crippen LogP contribution >= 0.6 is 0 Å². The van der Waals surface area contributed by atoms with Gasteiger partial charge < -0.3 is 0 Å². The standard InChI is InChI=1S/C6H4F5N2/c1-13-4(6(9,10)11)3(2-12-13)5(7)8/h5H,1H3. The largest absolute Gasteiger partial charge is 0.433 e. The van der Waals surface area contributed by atoms with Crippen molar-refractivity contribution in [3.63, 3.8) is 0 Å². The van der Waals surface area contributed by atoms with Gasteiger partial charge in [-0.2, -0.15) is 18.3 Å². The van der Waals surface area contributed by atoms with E-state index in [1.54, 1.807) is 6.20 Å². The van der Waals surface area contributed by atoms with Crippen LogP contribution in [-0.2, 0) is 13.2 Å². The molecule has 0 saturated heterocycles. The zero-order valence-corrected chi connectivity index (χ0v) is 6.36. The van der Waals surface area contributed by atoms with E-state index in [9.17, 15) is 22.0 Å².